The Morgan fingerprint density at radius 3 is 1.74 bits per heavy atom. The van der Waals surface area contributed by atoms with Gasteiger partial charge in [0.1, 0.15) is 12.0 Å². The fraction of sp³-hybridized carbons (Fsp3) is 0. The molecule has 171 valence electrons. The molecule has 0 fully saturated rings. The van der Waals surface area contributed by atoms with Crippen LogP contribution in [-0.4, -0.2) is 45.3 Å². The van der Waals surface area contributed by atoms with E-state index in [1.807, 2.05) is 72.8 Å². The molecule has 6 heterocycles. The Morgan fingerprint density at radius 1 is 0.600 bits per heavy atom. The number of nitrogens with zero attached hydrogens (tertiary/aromatic N) is 9. The van der Waals surface area contributed by atoms with Gasteiger partial charge in [0.2, 0.25) is 0 Å². The van der Waals surface area contributed by atoms with Crippen molar-refractivity contribution in [2.45, 2.75) is 0 Å². The first kappa shape index (κ1) is 24.6. The van der Waals surface area contributed by atoms with Gasteiger partial charge in [-0.1, -0.05) is 24.3 Å². The molecule has 6 aromatic heterocycles. The quantitative estimate of drug-likeness (QED) is 0.324. The molecular weight excluding hydrogens is 580 g/mol. The normalized spacial score (nSPS) is 10.1. The Bertz CT molecular complexity index is 1330. The summed E-state index contributed by atoms with van der Waals surface area (Å²) in [5.41, 5.74) is 4.74. The molecular formula is C24H17EuN10-. The minimum absolute atomic E-state index is 0. The van der Waals surface area contributed by atoms with E-state index in [0.29, 0.717) is 17.3 Å². The maximum absolute atomic E-state index is 4.49. The van der Waals surface area contributed by atoms with E-state index in [2.05, 4.69) is 50.3 Å². The second-order valence-corrected chi connectivity index (χ2v) is 6.86. The van der Waals surface area contributed by atoms with Crippen LogP contribution in [0, 0.1) is 49.4 Å². The molecule has 0 atom stereocenters. The third-order valence-electron chi connectivity index (χ3n) is 4.62. The molecule has 6 rings (SSSR count). The van der Waals surface area contributed by atoms with Gasteiger partial charge in [-0.2, -0.15) is 5.10 Å². The van der Waals surface area contributed by atoms with E-state index in [4.69, 9.17) is 0 Å². The Balaban J connectivity index is 0.000000160. The second-order valence-electron chi connectivity index (χ2n) is 6.86. The van der Waals surface area contributed by atoms with Crippen molar-refractivity contribution in [2.75, 3.05) is 0 Å². The van der Waals surface area contributed by atoms with Gasteiger partial charge >= 0.3 is 0 Å². The molecule has 0 aliphatic rings. The number of pyridine rings is 4. The van der Waals surface area contributed by atoms with Crippen molar-refractivity contribution in [3.63, 3.8) is 0 Å². The maximum Gasteiger partial charge on any atom is 0.174 e. The van der Waals surface area contributed by atoms with E-state index in [0.717, 1.165) is 28.5 Å². The Labute approximate surface area is 241 Å². The molecule has 0 saturated carbocycles. The molecule has 1 N–H and O–H groups in total. The minimum Gasteiger partial charge on any atom is -0.364 e. The predicted molar refractivity (Wildman–Crippen MR) is 125 cm³/mol. The SMILES string of the molecule is [Eu].c1ccc(-c2cccc(-c3ncn[nH]3)n2)nc1.c1ccc(-c2cccc(-c3nnc[n-]3)n2)nc1. The van der Waals surface area contributed by atoms with Gasteiger partial charge in [-0.15, -0.1) is 0 Å². The Hall–Kier alpha value is -3.54. The fourth-order valence-corrected chi connectivity index (χ4v) is 3.07. The number of hydrogen-bond donors (Lipinski definition) is 1. The van der Waals surface area contributed by atoms with Crippen LogP contribution in [0.1, 0.15) is 0 Å². The number of rotatable bonds is 4. The van der Waals surface area contributed by atoms with Crippen LogP contribution in [-0.2, 0) is 0 Å². The number of aromatic nitrogens is 10. The van der Waals surface area contributed by atoms with Crippen molar-refractivity contribution in [3.05, 3.63) is 97.8 Å². The number of hydrogen-bond acceptors (Lipinski definition) is 8. The summed E-state index contributed by atoms with van der Waals surface area (Å²) in [6.07, 6.45) is 6.36. The van der Waals surface area contributed by atoms with Crippen LogP contribution in [0.3, 0.4) is 0 Å². The number of aromatic amines is 1. The van der Waals surface area contributed by atoms with Crippen LogP contribution in [0.15, 0.2) is 97.8 Å². The third kappa shape index (κ3) is 6.33. The van der Waals surface area contributed by atoms with E-state index in [-0.39, 0.29) is 49.4 Å². The van der Waals surface area contributed by atoms with Crippen molar-refractivity contribution in [2.24, 2.45) is 0 Å². The summed E-state index contributed by atoms with van der Waals surface area (Å²) < 4.78 is 0. The van der Waals surface area contributed by atoms with Crippen LogP contribution in [0.5, 0.6) is 0 Å². The van der Waals surface area contributed by atoms with Gasteiger partial charge in [0.05, 0.1) is 28.5 Å². The molecule has 0 amide bonds. The molecule has 35 heavy (non-hydrogen) atoms. The van der Waals surface area contributed by atoms with E-state index in [1.54, 1.807) is 12.4 Å². The monoisotopic (exact) mass is 598 g/mol. The van der Waals surface area contributed by atoms with Gasteiger partial charge in [0.25, 0.3) is 0 Å². The van der Waals surface area contributed by atoms with Crippen molar-refractivity contribution >= 4 is 0 Å². The second kappa shape index (κ2) is 12.3. The Morgan fingerprint density at radius 2 is 1.20 bits per heavy atom. The summed E-state index contributed by atoms with van der Waals surface area (Å²) in [5, 5.41) is 14.2. The standard InChI is InChI=1S/C12H9N5.C12H8N5.Eu/c2*1-2-7-13-9(4-1)10-5-3-6-11(16-10)12-14-8-15-17-12;/h1-8H,(H,14,15,17);1-8H;/q;-1;. The van der Waals surface area contributed by atoms with Gasteiger partial charge in [-0.25, -0.2) is 15.0 Å². The molecule has 0 unspecified atom stereocenters. The van der Waals surface area contributed by atoms with Gasteiger partial charge in [0.15, 0.2) is 5.82 Å². The molecule has 0 aliphatic heterocycles. The van der Waals surface area contributed by atoms with Crippen LogP contribution in [0.25, 0.3) is 45.8 Å². The van der Waals surface area contributed by atoms with Crippen LogP contribution >= 0.6 is 0 Å². The maximum atomic E-state index is 4.49. The van der Waals surface area contributed by atoms with Crippen LogP contribution < -0.4 is 4.98 Å². The molecule has 11 heteroatoms. The molecule has 0 aromatic carbocycles. The van der Waals surface area contributed by atoms with Gasteiger partial charge in [0, 0.05) is 67.6 Å². The van der Waals surface area contributed by atoms with E-state index >= 15 is 0 Å². The first-order valence-corrected chi connectivity index (χ1v) is 10.3. The zero-order valence-corrected chi connectivity index (χ0v) is 20.6. The van der Waals surface area contributed by atoms with Gasteiger partial charge in [-0.3, -0.25) is 15.1 Å². The van der Waals surface area contributed by atoms with E-state index < -0.39 is 0 Å². The summed E-state index contributed by atoms with van der Waals surface area (Å²) in [6, 6.07) is 22.8. The Kier molecular flexibility index (Phi) is 8.60. The van der Waals surface area contributed by atoms with Crippen molar-refractivity contribution in [1.29, 1.82) is 0 Å². The summed E-state index contributed by atoms with van der Waals surface area (Å²) in [7, 11) is 0. The van der Waals surface area contributed by atoms with Crippen LogP contribution in [0.4, 0.5) is 0 Å². The van der Waals surface area contributed by atoms with Crippen molar-refractivity contribution < 1.29 is 49.4 Å². The molecule has 10 nitrogen and oxygen atoms in total. The summed E-state index contributed by atoms with van der Waals surface area (Å²) >= 11 is 0. The van der Waals surface area contributed by atoms with Crippen molar-refractivity contribution in [3.8, 4) is 45.8 Å². The van der Waals surface area contributed by atoms with Crippen LogP contribution in [0.2, 0.25) is 0 Å². The van der Waals surface area contributed by atoms with Gasteiger partial charge in [-0.05, 0) is 54.9 Å². The van der Waals surface area contributed by atoms with Gasteiger partial charge < -0.3 is 15.2 Å². The first-order chi connectivity index (χ1) is 16.9. The average Bonchev–Trinajstić information content (AvgIpc) is 3.66. The molecule has 0 aliphatic carbocycles. The zero-order chi connectivity index (χ0) is 23.0. The third-order valence-corrected chi connectivity index (χ3v) is 4.62. The predicted octanol–water partition coefficient (Wildman–Crippen LogP) is 3.49. The van der Waals surface area contributed by atoms with Crippen molar-refractivity contribution in [1.82, 2.24) is 50.3 Å². The molecule has 0 bridgehead atoms. The largest absolute Gasteiger partial charge is 0.364 e. The number of nitrogens with one attached hydrogen (secondary N) is 1. The minimum atomic E-state index is 0. The van der Waals surface area contributed by atoms with E-state index in [1.165, 1.54) is 12.7 Å². The summed E-state index contributed by atoms with van der Waals surface area (Å²) in [5.74, 6) is 1.19. The molecule has 6 aromatic rings. The summed E-state index contributed by atoms with van der Waals surface area (Å²) in [6.45, 7) is 0. The van der Waals surface area contributed by atoms with E-state index in [9.17, 15) is 0 Å². The molecule has 1 radical (unpaired) electrons. The molecule has 0 spiro atoms. The molecule has 0 saturated heterocycles. The smallest absolute Gasteiger partial charge is 0.174 e. The summed E-state index contributed by atoms with van der Waals surface area (Å²) in [4.78, 5) is 25.6. The first-order valence-electron chi connectivity index (χ1n) is 10.3. The zero-order valence-electron chi connectivity index (χ0n) is 18.1. The number of H-pyrrole nitrogens is 1. The average molecular weight is 597 g/mol. The fourth-order valence-electron chi connectivity index (χ4n) is 3.07. The topological polar surface area (TPSA) is 133 Å².